The molecule has 222 valence electrons. The highest BCUT2D eigenvalue weighted by molar-refractivity contribution is 6.76. The molecule has 3 rings (SSSR count). The number of hydrogen-bond donors (Lipinski definition) is 1. The molecule has 10 atom stereocenters. The molecule has 1 aromatic rings. The van der Waals surface area contributed by atoms with Crippen LogP contribution in [0.3, 0.4) is 0 Å². The van der Waals surface area contributed by atoms with Crippen molar-refractivity contribution in [2.75, 3.05) is 6.61 Å². The molecule has 2 saturated heterocycles. The van der Waals surface area contributed by atoms with Crippen molar-refractivity contribution >= 4 is 46.7 Å². The summed E-state index contributed by atoms with van der Waals surface area (Å²) in [5.41, 5.74) is 10.3. The normalized spacial score (nSPS) is 34.4. The predicted octanol–water partition coefficient (Wildman–Crippen LogP) is 5.94. The van der Waals surface area contributed by atoms with Gasteiger partial charge in [-0.2, -0.15) is 0 Å². The number of esters is 1. The van der Waals surface area contributed by atoms with Gasteiger partial charge in [0.1, 0.15) is 18.8 Å². The number of carbonyl (C=O) groups excluding carboxylic acids is 1. The van der Waals surface area contributed by atoms with E-state index >= 15 is 0 Å². The molecule has 0 bridgehead atoms. The quantitative estimate of drug-likeness (QED) is 0.0683. The number of benzene rings is 1. The lowest BCUT2D eigenvalue weighted by molar-refractivity contribution is -0.319. The van der Waals surface area contributed by atoms with Gasteiger partial charge in [0, 0.05) is 23.7 Å². The van der Waals surface area contributed by atoms with Gasteiger partial charge < -0.3 is 28.4 Å². The van der Waals surface area contributed by atoms with E-state index in [1.807, 2.05) is 44.2 Å². The maximum absolute atomic E-state index is 11.6. The Morgan fingerprint density at radius 3 is 2.33 bits per heavy atom. The first-order valence-electron chi connectivity index (χ1n) is 12.9. The number of halogens is 3. The third-order valence-electron chi connectivity index (χ3n) is 7.27. The van der Waals surface area contributed by atoms with Crippen LogP contribution in [0.4, 0.5) is 0 Å². The minimum absolute atomic E-state index is 0.0806. The molecule has 2 heterocycles. The second-order valence-corrected chi connectivity index (χ2v) is 12.4. The van der Waals surface area contributed by atoms with Crippen LogP contribution >= 0.6 is 34.8 Å². The molecule has 0 spiro atoms. The maximum Gasteiger partial charge on any atom is 0.302 e. The highest BCUT2D eigenvalue weighted by atomic mass is 35.6. The smallest absolute Gasteiger partial charge is 0.302 e. The SMILES string of the molecule is CC(=O)OCC1OC(OC(=N)C(Cl)(Cl)Cl)C(N=[N+]=[N-])[C@@H](C)[C@H]1O[C@@H]1OC(C)[C@H](C)[C@@H](OCc2ccccc2)C1C. The maximum atomic E-state index is 11.6. The van der Waals surface area contributed by atoms with Crippen molar-refractivity contribution in [1.29, 1.82) is 5.41 Å². The molecular weight excluding hydrogens is 587 g/mol. The summed E-state index contributed by atoms with van der Waals surface area (Å²) in [6, 6.07) is 8.91. The lowest BCUT2D eigenvalue weighted by Gasteiger charge is -2.48. The highest BCUT2D eigenvalue weighted by Gasteiger charge is 2.50. The molecular formula is C26H35Cl3N4O7. The van der Waals surface area contributed by atoms with E-state index in [1.165, 1.54) is 6.92 Å². The van der Waals surface area contributed by atoms with E-state index in [0.29, 0.717) is 6.61 Å². The summed E-state index contributed by atoms with van der Waals surface area (Å²) in [6.45, 7) is 9.28. The van der Waals surface area contributed by atoms with Crippen molar-refractivity contribution < 1.29 is 33.2 Å². The van der Waals surface area contributed by atoms with Crippen LogP contribution in [0.15, 0.2) is 35.4 Å². The Labute approximate surface area is 248 Å². The van der Waals surface area contributed by atoms with Gasteiger partial charge in [-0.3, -0.25) is 10.2 Å². The van der Waals surface area contributed by atoms with Gasteiger partial charge in [0.25, 0.3) is 3.79 Å². The van der Waals surface area contributed by atoms with Gasteiger partial charge in [0.2, 0.25) is 12.2 Å². The molecule has 0 aromatic heterocycles. The summed E-state index contributed by atoms with van der Waals surface area (Å²) in [5, 5.41) is 11.8. The van der Waals surface area contributed by atoms with Gasteiger partial charge in [-0.25, -0.2) is 0 Å². The van der Waals surface area contributed by atoms with E-state index in [0.717, 1.165) is 5.56 Å². The van der Waals surface area contributed by atoms with E-state index in [1.54, 1.807) is 6.92 Å². The van der Waals surface area contributed by atoms with Crippen LogP contribution in [0.5, 0.6) is 0 Å². The summed E-state index contributed by atoms with van der Waals surface area (Å²) in [7, 11) is 0. The minimum Gasteiger partial charge on any atom is -0.463 e. The molecule has 11 nitrogen and oxygen atoms in total. The summed E-state index contributed by atoms with van der Waals surface area (Å²) in [5.74, 6) is -1.91. The van der Waals surface area contributed by atoms with E-state index in [9.17, 15) is 10.3 Å². The largest absolute Gasteiger partial charge is 0.463 e. The van der Waals surface area contributed by atoms with E-state index in [4.69, 9.17) is 68.6 Å². The second kappa shape index (κ2) is 14.4. The first kappa shape index (κ1) is 32.7. The first-order valence-corrected chi connectivity index (χ1v) is 14.1. The fourth-order valence-corrected chi connectivity index (χ4v) is 5.03. The Kier molecular flexibility index (Phi) is 11.8. The van der Waals surface area contributed by atoms with Crippen molar-refractivity contribution in [2.24, 2.45) is 22.9 Å². The number of nitrogens with zero attached hydrogens (tertiary/aromatic N) is 3. The molecule has 2 aliphatic heterocycles. The number of alkyl halides is 3. The third kappa shape index (κ3) is 8.36. The fourth-order valence-electron chi connectivity index (χ4n) is 4.90. The van der Waals surface area contributed by atoms with Crippen molar-refractivity contribution in [3.8, 4) is 0 Å². The van der Waals surface area contributed by atoms with E-state index in [2.05, 4.69) is 16.9 Å². The second-order valence-electron chi connectivity index (χ2n) is 10.1. The topological polar surface area (TPSA) is 145 Å². The molecule has 1 aromatic carbocycles. The van der Waals surface area contributed by atoms with Crippen LogP contribution in [0.2, 0.25) is 0 Å². The van der Waals surface area contributed by atoms with Crippen molar-refractivity contribution in [1.82, 2.24) is 0 Å². The van der Waals surface area contributed by atoms with Gasteiger partial charge in [-0.05, 0) is 23.9 Å². The fraction of sp³-hybridized carbons (Fsp3) is 0.692. The van der Waals surface area contributed by atoms with Gasteiger partial charge in [0.05, 0.1) is 24.9 Å². The summed E-state index contributed by atoms with van der Waals surface area (Å²) < 4.78 is 33.7. The van der Waals surface area contributed by atoms with Crippen molar-refractivity contribution in [3.63, 3.8) is 0 Å². The lowest BCUT2D eigenvalue weighted by Crippen LogP contribution is -2.59. The number of hydrogen-bond acceptors (Lipinski definition) is 9. The van der Waals surface area contributed by atoms with Crippen molar-refractivity contribution in [2.45, 2.75) is 88.1 Å². The van der Waals surface area contributed by atoms with Gasteiger partial charge in [-0.1, -0.05) is 91.0 Å². The molecule has 0 radical (unpaired) electrons. The van der Waals surface area contributed by atoms with Gasteiger partial charge >= 0.3 is 5.97 Å². The zero-order chi connectivity index (χ0) is 29.6. The van der Waals surface area contributed by atoms with Crippen LogP contribution < -0.4 is 0 Å². The predicted molar refractivity (Wildman–Crippen MR) is 149 cm³/mol. The Bertz CT molecular complexity index is 1060. The van der Waals surface area contributed by atoms with Gasteiger partial charge in [-0.15, -0.1) is 0 Å². The summed E-state index contributed by atoms with van der Waals surface area (Å²) >= 11 is 17.3. The monoisotopic (exact) mass is 620 g/mol. The average molecular weight is 622 g/mol. The molecule has 2 aliphatic rings. The van der Waals surface area contributed by atoms with Gasteiger partial charge in [0.15, 0.2) is 6.29 Å². The van der Waals surface area contributed by atoms with Crippen LogP contribution in [-0.4, -0.2) is 65.3 Å². The van der Waals surface area contributed by atoms with Crippen LogP contribution in [-0.2, 0) is 39.8 Å². The molecule has 0 saturated carbocycles. The summed E-state index contributed by atoms with van der Waals surface area (Å²) in [6.07, 6.45) is -4.05. The highest BCUT2D eigenvalue weighted by Crippen LogP contribution is 2.39. The summed E-state index contributed by atoms with van der Waals surface area (Å²) in [4.78, 5) is 14.6. The number of azide groups is 1. The van der Waals surface area contributed by atoms with Crippen LogP contribution in [0, 0.1) is 23.2 Å². The molecule has 5 unspecified atom stereocenters. The molecule has 14 heteroatoms. The molecule has 40 heavy (non-hydrogen) atoms. The molecule has 1 N–H and O–H groups in total. The Hall–Kier alpha value is -1.82. The minimum atomic E-state index is -2.17. The average Bonchev–Trinajstić information content (AvgIpc) is 2.89. The standard InChI is InChI=1S/C26H35Cl3N4O7/c1-13-16(4)37-23(15(3)21(13)36-11-18-9-7-6-8-10-18)39-22-14(2)20(32-33-31)24(40-25(30)26(27,28)29)38-19(22)12-35-17(5)34/h6-10,13-16,19-24,30H,11-12H2,1-5H3/t13-,14+,15?,16?,19?,20?,21+,22+,23-,24?/m0/s1. The zero-order valence-electron chi connectivity index (χ0n) is 22.9. The molecule has 0 aliphatic carbocycles. The Morgan fingerprint density at radius 2 is 1.73 bits per heavy atom. The number of nitrogens with one attached hydrogen (secondary N) is 1. The number of rotatable bonds is 9. The molecule has 2 fully saturated rings. The Balaban J connectivity index is 1.83. The number of carbonyl (C=O) groups is 1. The van der Waals surface area contributed by atoms with E-state index in [-0.39, 0.29) is 30.7 Å². The Morgan fingerprint density at radius 1 is 1.05 bits per heavy atom. The number of ether oxygens (including phenoxy) is 6. The van der Waals surface area contributed by atoms with E-state index < -0.39 is 52.4 Å². The molecule has 0 amide bonds. The first-order chi connectivity index (χ1) is 18.8. The van der Waals surface area contributed by atoms with Crippen LogP contribution in [0.1, 0.15) is 40.2 Å². The van der Waals surface area contributed by atoms with Crippen molar-refractivity contribution in [3.05, 3.63) is 46.3 Å². The lowest BCUT2D eigenvalue weighted by atomic mass is 9.85. The third-order valence-corrected chi connectivity index (χ3v) is 7.78. The van der Waals surface area contributed by atoms with Crippen LogP contribution in [0.25, 0.3) is 10.4 Å². The zero-order valence-corrected chi connectivity index (χ0v) is 25.2.